The van der Waals surface area contributed by atoms with Crippen molar-refractivity contribution in [2.24, 2.45) is 0 Å². The van der Waals surface area contributed by atoms with Gasteiger partial charge in [-0.25, -0.2) is 22.2 Å². The minimum Gasteiger partial charge on any atom is -0.263 e. The van der Waals surface area contributed by atoms with Crippen LogP contribution in [0.3, 0.4) is 0 Å². The maximum absolute atomic E-state index is 13.5. The molecule has 10 heteroatoms. The number of aromatic nitrogens is 2. The van der Waals surface area contributed by atoms with Crippen molar-refractivity contribution in [1.82, 2.24) is 9.97 Å². The maximum atomic E-state index is 13.5. The van der Waals surface area contributed by atoms with Crippen molar-refractivity contribution in [3.63, 3.8) is 0 Å². The van der Waals surface area contributed by atoms with Crippen molar-refractivity contribution in [2.75, 3.05) is 4.72 Å². The summed E-state index contributed by atoms with van der Waals surface area (Å²) in [6.07, 6.45) is 0. The van der Waals surface area contributed by atoms with E-state index < -0.39 is 26.6 Å². The summed E-state index contributed by atoms with van der Waals surface area (Å²) in [7, 11) is -4.29. The van der Waals surface area contributed by atoms with Crippen LogP contribution in [0, 0.1) is 11.6 Å². The van der Waals surface area contributed by atoms with Crippen LogP contribution in [0.2, 0.25) is 10.4 Å². The predicted octanol–water partition coefficient (Wildman–Crippen LogP) is 2.86. The first-order valence-electron chi connectivity index (χ1n) is 4.96. The van der Waals surface area contributed by atoms with Crippen LogP contribution >= 0.6 is 23.2 Å². The van der Waals surface area contributed by atoms with Gasteiger partial charge in [0.2, 0.25) is 5.28 Å². The molecule has 1 heterocycles. The molecule has 0 saturated heterocycles. The van der Waals surface area contributed by atoms with Crippen LogP contribution in [0.15, 0.2) is 29.2 Å². The molecule has 0 aliphatic rings. The molecule has 0 aliphatic carbocycles. The Balaban J connectivity index is 2.40. The van der Waals surface area contributed by atoms with Gasteiger partial charge in [0.15, 0.2) is 0 Å². The number of anilines is 1. The van der Waals surface area contributed by atoms with Gasteiger partial charge in [0, 0.05) is 12.1 Å². The van der Waals surface area contributed by atoms with Crippen molar-refractivity contribution in [2.45, 2.75) is 4.90 Å². The molecule has 0 amide bonds. The molecule has 5 nitrogen and oxygen atoms in total. The Kier molecular flexibility index (Phi) is 4.07. The highest BCUT2D eigenvalue weighted by Gasteiger charge is 2.20. The Hall–Kier alpha value is -1.51. The van der Waals surface area contributed by atoms with Gasteiger partial charge in [-0.15, -0.1) is 0 Å². The molecule has 2 rings (SSSR count). The number of rotatable bonds is 3. The Morgan fingerprint density at radius 3 is 2.40 bits per heavy atom. The Morgan fingerprint density at radius 1 is 1.10 bits per heavy atom. The summed E-state index contributed by atoms with van der Waals surface area (Å²) in [4.78, 5) is 6.37. The number of nitrogens with zero attached hydrogens (tertiary/aromatic N) is 2. The molecular weight excluding hydrogens is 335 g/mol. The van der Waals surface area contributed by atoms with Gasteiger partial charge in [0.05, 0.1) is 0 Å². The second-order valence-corrected chi connectivity index (χ2v) is 5.90. The average Bonchev–Trinajstić information content (AvgIpc) is 2.25. The minimum atomic E-state index is -4.29. The third-order valence-electron chi connectivity index (χ3n) is 2.09. The van der Waals surface area contributed by atoms with Crippen molar-refractivity contribution in [3.8, 4) is 0 Å². The smallest absolute Gasteiger partial charge is 0.263 e. The zero-order valence-electron chi connectivity index (χ0n) is 9.44. The van der Waals surface area contributed by atoms with E-state index in [2.05, 4.69) is 9.97 Å². The molecule has 20 heavy (non-hydrogen) atoms. The zero-order chi connectivity index (χ0) is 14.9. The third kappa shape index (κ3) is 3.33. The molecule has 1 aromatic carbocycles. The Morgan fingerprint density at radius 2 is 1.80 bits per heavy atom. The quantitative estimate of drug-likeness (QED) is 0.689. The predicted molar refractivity (Wildman–Crippen MR) is 69.2 cm³/mol. The Labute approximate surface area is 122 Å². The number of benzene rings is 1. The molecule has 0 bridgehead atoms. The van der Waals surface area contributed by atoms with Gasteiger partial charge in [0.25, 0.3) is 10.0 Å². The topological polar surface area (TPSA) is 72.0 Å². The first-order chi connectivity index (χ1) is 9.28. The summed E-state index contributed by atoms with van der Waals surface area (Å²) in [6.45, 7) is 0. The molecule has 0 saturated carbocycles. The van der Waals surface area contributed by atoms with Crippen molar-refractivity contribution >= 4 is 39.0 Å². The lowest BCUT2D eigenvalue weighted by Gasteiger charge is -2.08. The number of halogens is 4. The molecule has 106 valence electrons. The summed E-state index contributed by atoms with van der Waals surface area (Å²) in [5.74, 6) is -2.36. The van der Waals surface area contributed by atoms with Crippen molar-refractivity contribution in [3.05, 3.63) is 46.3 Å². The molecule has 0 fully saturated rings. The van der Waals surface area contributed by atoms with E-state index in [1.165, 1.54) is 0 Å². The summed E-state index contributed by atoms with van der Waals surface area (Å²) >= 11 is 11.1. The minimum absolute atomic E-state index is 0.0951. The van der Waals surface area contributed by atoms with Gasteiger partial charge in [-0.3, -0.25) is 4.72 Å². The molecule has 1 N–H and O–H groups in total. The highest BCUT2D eigenvalue weighted by molar-refractivity contribution is 7.92. The van der Waals surface area contributed by atoms with Crippen molar-refractivity contribution < 1.29 is 17.2 Å². The van der Waals surface area contributed by atoms with E-state index in [1.807, 2.05) is 4.72 Å². The fourth-order valence-electron chi connectivity index (χ4n) is 1.33. The lowest BCUT2D eigenvalue weighted by atomic mass is 10.3. The molecule has 1 aromatic heterocycles. The van der Waals surface area contributed by atoms with Crippen LogP contribution in [-0.2, 0) is 10.0 Å². The van der Waals surface area contributed by atoms with Crippen molar-refractivity contribution in [1.29, 1.82) is 0 Å². The van der Waals surface area contributed by atoms with Gasteiger partial charge in [-0.1, -0.05) is 11.6 Å². The van der Waals surface area contributed by atoms with Crippen LogP contribution in [-0.4, -0.2) is 18.4 Å². The van der Waals surface area contributed by atoms with E-state index in [-0.39, 0.29) is 16.3 Å². The van der Waals surface area contributed by atoms with Gasteiger partial charge in [-0.2, -0.15) is 4.98 Å². The van der Waals surface area contributed by atoms with Gasteiger partial charge < -0.3 is 0 Å². The van der Waals surface area contributed by atoms with E-state index in [4.69, 9.17) is 23.2 Å². The molecule has 0 unspecified atom stereocenters. The van der Waals surface area contributed by atoms with Gasteiger partial charge in [-0.05, 0) is 23.7 Å². The normalized spacial score (nSPS) is 11.4. The first kappa shape index (κ1) is 14.9. The monoisotopic (exact) mass is 339 g/mol. The first-order valence-corrected chi connectivity index (χ1v) is 7.20. The highest BCUT2D eigenvalue weighted by Crippen LogP contribution is 2.21. The summed E-state index contributed by atoms with van der Waals surface area (Å²) < 4.78 is 52.1. The largest absolute Gasteiger partial charge is 0.265 e. The molecule has 0 atom stereocenters. The van der Waals surface area contributed by atoms with E-state index in [9.17, 15) is 17.2 Å². The third-order valence-corrected chi connectivity index (χ3v) is 3.84. The van der Waals surface area contributed by atoms with E-state index in [0.717, 1.165) is 18.2 Å². The van der Waals surface area contributed by atoms with Crippen LogP contribution in [0.4, 0.5) is 14.6 Å². The molecule has 0 aliphatic heterocycles. The van der Waals surface area contributed by atoms with Crippen LogP contribution in [0.5, 0.6) is 0 Å². The van der Waals surface area contributed by atoms with Crippen LogP contribution in [0.25, 0.3) is 0 Å². The number of hydrogen-bond acceptors (Lipinski definition) is 4. The number of hydrogen-bond donors (Lipinski definition) is 1. The fraction of sp³-hybridized carbons (Fsp3) is 0. The number of sulfonamides is 1. The summed E-state index contributed by atoms with van der Waals surface area (Å²) in [5.41, 5.74) is 0. The highest BCUT2D eigenvalue weighted by atomic mass is 35.5. The molecule has 2 aromatic rings. The lowest BCUT2D eigenvalue weighted by Crippen LogP contribution is -2.15. The van der Waals surface area contributed by atoms with E-state index >= 15 is 0 Å². The van der Waals surface area contributed by atoms with Crippen LogP contribution in [0.1, 0.15) is 0 Å². The molecule has 0 spiro atoms. The SMILES string of the molecule is O=S(=O)(Nc1cc(Cl)nc(Cl)n1)c1ccc(F)cc1F. The lowest BCUT2D eigenvalue weighted by molar-refractivity contribution is 0.551. The summed E-state index contributed by atoms with van der Waals surface area (Å²) in [6, 6.07) is 3.15. The molecule has 0 radical (unpaired) electrons. The van der Waals surface area contributed by atoms with Gasteiger partial charge >= 0.3 is 0 Å². The van der Waals surface area contributed by atoms with Crippen LogP contribution < -0.4 is 4.72 Å². The number of nitrogens with one attached hydrogen (secondary N) is 1. The second kappa shape index (κ2) is 5.47. The maximum Gasteiger partial charge on any atom is 0.265 e. The van der Waals surface area contributed by atoms with E-state index in [1.54, 1.807) is 0 Å². The average molecular weight is 340 g/mol. The fourth-order valence-corrected chi connectivity index (χ4v) is 2.79. The standard InChI is InChI=1S/C10H5Cl2F2N3O2S/c11-8-4-9(16-10(12)15-8)17-20(18,19)7-2-1-5(13)3-6(7)14/h1-4H,(H,15,16,17). The Bertz CT molecular complexity index is 751. The zero-order valence-corrected chi connectivity index (χ0v) is 11.8. The second-order valence-electron chi connectivity index (χ2n) is 3.53. The van der Waals surface area contributed by atoms with E-state index in [0.29, 0.717) is 6.07 Å². The summed E-state index contributed by atoms with van der Waals surface area (Å²) in [5, 5.41) is -0.378. The molecular formula is C10H5Cl2F2N3O2S. The van der Waals surface area contributed by atoms with Gasteiger partial charge in [0.1, 0.15) is 27.5 Å².